The Hall–Kier alpha value is -2.74. The van der Waals surface area contributed by atoms with Crippen molar-refractivity contribution in [3.05, 3.63) is 40.1 Å². The molecule has 0 unspecified atom stereocenters. The van der Waals surface area contributed by atoms with Gasteiger partial charge in [-0.2, -0.15) is 5.10 Å². The second-order valence-electron chi connectivity index (χ2n) is 5.89. The van der Waals surface area contributed by atoms with Crippen molar-refractivity contribution in [2.45, 2.75) is 26.5 Å². The van der Waals surface area contributed by atoms with Crippen LogP contribution in [0, 0.1) is 6.92 Å². The summed E-state index contributed by atoms with van der Waals surface area (Å²) in [4.78, 5) is 29.0. The molecule has 0 N–H and O–H groups in total. The maximum atomic E-state index is 12.8. The number of carbonyl (C=O) groups excluding carboxylic acids is 1. The first-order chi connectivity index (χ1) is 11.3. The number of methoxy groups -OCH3 is 2. The molecule has 3 aromatic heterocycles. The van der Waals surface area contributed by atoms with Crippen LogP contribution in [0.25, 0.3) is 16.6 Å². The quantitative estimate of drug-likeness (QED) is 0.676. The van der Waals surface area contributed by atoms with E-state index in [1.165, 1.54) is 29.5 Å². The minimum atomic E-state index is -0.794. The molecule has 0 bridgehead atoms. The summed E-state index contributed by atoms with van der Waals surface area (Å²) >= 11 is 0. The van der Waals surface area contributed by atoms with Gasteiger partial charge in [0.2, 0.25) is 0 Å². The summed E-state index contributed by atoms with van der Waals surface area (Å²) in [5.41, 5.74) is 0.657. The summed E-state index contributed by atoms with van der Waals surface area (Å²) in [6.07, 6.45) is 3.09. The van der Waals surface area contributed by atoms with Crippen molar-refractivity contribution >= 4 is 22.5 Å². The van der Waals surface area contributed by atoms with Crippen molar-refractivity contribution in [3.63, 3.8) is 0 Å². The van der Waals surface area contributed by atoms with Gasteiger partial charge >= 0.3 is 5.97 Å². The highest BCUT2D eigenvalue weighted by atomic mass is 16.5. The zero-order valence-electron chi connectivity index (χ0n) is 14.2. The van der Waals surface area contributed by atoms with Crippen molar-refractivity contribution in [3.8, 4) is 0 Å². The summed E-state index contributed by atoms with van der Waals surface area (Å²) in [5, 5.41) is 4.72. The number of aromatic nitrogens is 4. The Morgan fingerprint density at radius 3 is 2.62 bits per heavy atom. The smallest absolute Gasteiger partial charge is 0.343 e. The molecule has 0 aliphatic rings. The molecular weight excluding hydrogens is 312 g/mol. The fourth-order valence-electron chi connectivity index (χ4n) is 2.64. The van der Waals surface area contributed by atoms with Gasteiger partial charge < -0.3 is 9.47 Å². The highest BCUT2D eigenvalue weighted by Crippen LogP contribution is 2.20. The second-order valence-corrected chi connectivity index (χ2v) is 5.89. The van der Waals surface area contributed by atoms with E-state index in [2.05, 4.69) is 10.1 Å². The number of carbonyl (C=O) groups is 1. The van der Waals surface area contributed by atoms with Gasteiger partial charge in [-0.25, -0.2) is 14.3 Å². The van der Waals surface area contributed by atoms with Crippen LogP contribution in [0.1, 0.15) is 29.9 Å². The normalized spacial score (nSPS) is 12.0. The van der Waals surface area contributed by atoms with Crippen LogP contribution in [0.4, 0.5) is 0 Å². The molecular formula is C16H18N4O4. The summed E-state index contributed by atoms with van der Waals surface area (Å²) in [6.45, 7) is 5.28. The molecule has 0 saturated carbocycles. The van der Waals surface area contributed by atoms with Gasteiger partial charge in [0.1, 0.15) is 11.3 Å². The summed E-state index contributed by atoms with van der Waals surface area (Å²) in [7, 11) is 2.84. The van der Waals surface area contributed by atoms with Crippen LogP contribution in [0.5, 0.6) is 0 Å². The third-order valence-electron chi connectivity index (χ3n) is 4.16. The third-order valence-corrected chi connectivity index (χ3v) is 4.16. The van der Waals surface area contributed by atoms with Gasteiger partial charge in [-0.15, -0.1) is 0 Å². The van der Waals surface area contributed by atoms with Gasteiger partial charge in [0.25, 0.3) is 5.56 Å². The SMILES string of the molecule is COC(=O)c1c(C)nn2c1ncc1c(=O)n(C(C)(C)OC)ccc12. The molecule has 3 heterocycles. The predicted octanol–water partition coefficient (Wildman–Crippen LogP) is 1.48. The molecule has 8 heteroatoms. The lowest BCUT2D eigenvalue weighted by atomic mass is 10.2. The van der Waals surface area contributed by atoms with Gasteiger partial charge in [0.15, 0.2) is 5.65 Å². The predicted molar refractivity (Wildman–Crippen MR) is 87.2 cm³/mol. The Kier molecular flexibility index (Phi) is 3.64. The molecule has 0 aliphatic heterocycles. The molecule has 0 amide bonds. The van der Waals surface area contributed by atoms with Crippen LogP contribution in [-0.2, 0) is 15.2 Å². The first-order valence-electron chi connectivity index (χ1n) is 7.35. The van der Waals surface area contributed by atoms with Crippen LogP contribution >= 0.6 is 0 Å². The van der Waals surface area contributed by atoms with Gasteiger partial charge in [-0.1, -0.05) is 0 Å². The number of nitrogens with zero attached hydrogens (tertiary/aromatic N) is 4. The molecule has 0 aliphatic carbocycles. The highest BCUT2D eigenvalue weighted by molar-refractivity contribution is 5.98. The van der Waals surface area contributed by atoms with Crippen LogP contribution in [-0.4, -0.2) is 39.4 Å². The molecule has 0 radical (unpaired) electrons. The van der Waals surface area contributed by atoms with E-state index in [0.29, 0.717) is 27.8 Å². The molecule has 0 saturated heterocycles. The highest BCUT2D eigenvalue weighted by Gasteiger charge is 2.24. The second kappa shape index (κ2) is 5.41. The number of esters is 1. The zero-order chi connectivity index (χ0) is 17.6. The Bertz CT molecular complexity index is 1020. The Balaban J connectivity index is 2.37. The van der Waals surface area contributed by atoms with Gasteiger partial charge in [0.05, 0.1) is 23.7 Å². The molecule has 24 heavy (non-hydrogen) atoms. The third kappa shape index (κ3) is 2.18. The molecule has 0 fully saturated rings. The van der Waals surface area contributed by atoms with Crippen molar-refractivity contribution in [1.82, 2.24) is 19.2 Å². The van der Waals surface area contributed by atoms with Crippen LogP contribution < -0.4 is 5.56 Å². The summed E-state index contributed by atoms with van der Waals surface area (Å²) < 4.78 is 13.1. The Morgan fingerprint density at radius 1 is 1.29 bits per heavy atom. The van der Waals surface area contributed by atoms with E-state index in [-0.39, 0.29) is 5.56 Å². The molecule has 3 rings (SSSR count). The van der Waals surface area contributed by atoms with Crippen molar-refractivity contribution in [1.29, 1.82) is 0 Å². The van der Waals surface area contributed by atoms with Crippen LogP contribution in [0.15, 0.2) is 23.3 Å². The van der Waals surface area contributed by atoms with Crippen LogP contribution in [0.3, 0.4) is 0 Å². The van der Waals surface area contributed by atoms with Gasteiger partial charge in [0, 0.05) is 19.5 Å². The van der Waals surface area contributed by atoms with Crippen molar-refractivity contribution in [2.24, 2.45) is 0 Å². The van der Waals surface area contributed by atoms with Crippen molar-refractivity contribution < 1.29 is 14.3 Å². The topological polar surface area (TPSA) is 87.7 Å². The van der Waals surface area contributed by atoms with E-state index in [1.54, 1.807) is 33.0 Å². The number of fused-ring (bicyclic) bond motifs is 3. The molecule has 0 spiro atoms. The largest absolute Gasteiger partial charge is 0.465 e. The zero-order valence-corrected chi connectivity index (χ0v) is 14.2. The molecule has 3 aromatic rings. The number of hydrogen-bond acceptors (Lipinski definition) is 6. The number of hydrogen-bond donors (Lipinski definition) is 0. The number of ether oxygens (including phenoxy) is 2. The van der Waals surface area contributed by atoms with Crippen molar-refractivity contribution in [2.75, 3.05) is 14.2 Å². The molecule has 0 atom stereocenters. The maximum Gasteiger partial charge on any atom is 0.343 e. The van der Waals surface area contributed by atoms with Crippen LogP contribution in [0.2, 0.25) is 0 Å². The Morgan fingerprint density at radius 2 is 2.00 bits per heavy atom. The van der Waals surface area contributed by atoms with Gasteiger partial charge in [-0.05, 0) is 26.8 Å². The Labute approximate surface area is 137 Å². The average Bonchev–Trinajstić information content (AvgIpc) is 2.90. The fourth-order valence-corrected chi connectivity index (χ4v) is 2.64. The minimum Gasteiger partial charge on any atom is -0.465 e. The first kappa shape index (κ1) is 16.1. The maximum absolute atomic E-state index is 12.8. The van der Waals surface area contributed by atoms with E-state index in [9.17, 15) is 9.59 Å². The van der Waals surface area contributed by atoms with E-state index in [1.807, 2.05) is 0 Å². The average molecular weight is 330 g/mol. The van der Waals surface area contributed by atoms with Gasteiger partial charge in [-0.3, -0.25) is 9.36 Å². The number of rotatable bonds is 3. The minimum absolute atomic E-state index is 0.249. The van der Waals surface area contributed by atoms with E-state index in [4.69, 9.17) is 9.47 Å². The standard InChI is InChI=1S/C16H18N4O4/c1-9-12(15(22)23-4)13-17-8-10-11(20(13)18-9)6-7-19(14(10)21)16(2,3)24-5/h6-8H,1-5H3. The lowest BCUT2D eigenvalue weighted by Gasteiger charge is -2.26. The number of aryl methyl sites for hydroxylation is 1. The number of pyridine rings is 1. The lowest BCUT2D eigenvalue weighted by Crippen LogP contribution is -2.37. The van der Waals surface area contributed by atoms with E-state index in [0.717, 1.165) is 0 Å². The van der Waals surface area contributed by atoms with E-state index >= 15 is 0 Å². The van der Waals surface area contributed by atoms with E-state index < -0.39 is 11.7 Å². The first-order valence-corrected chi connectivity index (χ1v) is 7.35. The summed E-state index contributed by atoms with van der Waals surface area (Å²) in [5.74, 6) is -0.511. The fraction of sp³-hybridized carbons (Fsp3) is 0.375. The monoisotopic (exact) mass is 330 g/mol. The molecule has 126 valence electrons. The molecule has 8 nitrogen and oxygen atoms in total. The molecule has 0 aromatic carbocycles. The lowest BCUT2D eigenvalue weighted by molar-refractivity contribution is -0.0474. The summed E-state index contributed by atoms with van der Waals surface area (Å²) in [6, 6.07) is 1.75.